The maximum absolute atomic E-state index is 11.9. The van der Waals surface area contributed by atoms with Crippen molar-refractivity contribution in [3.63, 3.8) is 0 Å². The molecule has 0 radical (unpaired) electrons. The van der Waals surface area contributed by atoms with Gasteiger partial charge in [0.25, 0.3) is 0 Å². The summed E-state index contributed by atoms with van der Waals surface area (Å²) in [5.41, 5.74) is 1.33. The van der Waals surface area contributed by atoms with Gasteiger partial charge in [-0.1, -0.05) is 30.3 Å². The summed E-state index contributed by atoms with van der Waals surface area (Å²) in [5.74, 6) is -0.0102. The number of aromatic nitrogens is 1. The predicted octanol–water partition coefficient (Wildman–Crippen LogP) is 3.59. The molecule has 1 heterocycles. The molecule has 0 aliphatic rings. The summed E-state index contributed by atoms with van der Waals surface area (Å²) < 4.78 is 0.617. The average molecular weight is 277 g/mol. The van der Waals surface area contributed by atoms with Crippen LogP contribution in [0.5, 0.6) is 0 Å². The van der Waals surface area contributed by atoms with Crippen molar-refractivity contribution < 1.29 is 9.59 Å². The van der Waals surface area contributed by atoms with E-state index in [-0.39, 0.29) is 10.9 Å². The largest absolute Gasteiger partial charge is 0.294 e. The Morgan fingerprint density at radius 3 is 2.44 bits per heavy atom. The topological polar surface area (TPSA) is 47.0 Å². The fourth-order valence-electron chi connectivity index (χ4n) is 1.45. The second-order valence-electron chi connectivity index (χ2n) is 3.71. The van der Waals surface area contributed by atoms with Crippen LogP contribution in [0, 0.1) is 6.92 Å². The van der Waals surface area contributed by atoms with Crippen LogP contribution in [0.3, 0.4) is 0 Å². The Hall–Kier alpha value is -1.46. The number of ketones is 1. The van der Waals surface area contributed by atoms with Crippen LogP contribution < -0.4 is 0 Å². The van der Waals surface area contributed by atoms with Gasteiger partial charge >= 0.3 is 0 Å². The Morgan fingerprint density at radius 2 is 1.89 bits per heavy atom. The highest BCUT2D eigenvalue weighted by Crippen LogP contribution is 2.29. The smallest absolute Gasteiger partial charge is 0.226 e. The summed E-state index contributed by atoms with van der Waals surface area (Å²) >= 11 is 2.34. The van der Waals surface area contributed by atoms with Gasteiger partial charge in [0.2, 0.25) is 5.12 Å². The second kappa shape index (κ2) is 5.46. The maximum Gasteiger partial charge on any atom is 0.226 e. The minimum absolute atomic E-state index is 0.0102. The van der Waals surface area contributed by atoms with Crippen LogP contribution in [0.4, 0.5) is 0 Å². The molecule has 1 aromatic heterocycles. The minimum atomic E-state index is -0.0561. The zero-order valence-corrected chi connectivity index (χ0v) is 11.6. The molecular weight excluding hydrogens is 266 g/mol. The van der Waals surface area contributed by atoms with Crippen LogP contribution in [0.25, 0.3) is 0 Å². The van der Waals surface area contributed by atoms with E-state index in [1.807, 2.05) is 18.2 Å². The van der Waals surface area contributed by atoms with E-state index in [1.165, 1.54) is 18.3 Å². The van der Waals surface area contributed by atoms with Gasteiger partial charge in [-0.25, -0.2) is 4.98 Å². The fourth-order valence-corrected chi connectivity index (χ4v) is 3.39. The van der Waals surface area contributed by atoms with Gasteiger partial charge in [0.05, 0.1) is 10.6 Å². The van der Waals surface area contributed by atoms with E-state index >= 15 is 0 Å². The first-order chi connectivity index (χ1) is 8.58. The van der Waals surface area contributed by atoms with Crippen LogP contribution in [-0.4, -0.2) is 15.9 Å². The van der Waals surface area contributed by atoms with E-state index in [1.54, 1.807) is 19.1 Å². The van der Waals surface area contributed by atoms with Crippen molar-refractivity contribution in [1.29, 1.82) is 0 Å². The Morgan fingerprint density at radius 1 is 1.22 bits per heavy atom. The molecule has 0 unspecified atom stereocenters. The average Bonchev–Trinajstić information content (AvgIpc) is 2.71. The zero-order chi connectivity index (χ0) is 13.1. The molecule has 0 amide bonds. The van der Waals surface area contributed by atoms with E-state index < -0.39 is 0 Å². The lowest BCUT2D eigenvalue weighted by Crippen LogP contribution is -1.91. The third-order valence-electron chi connectivity index (χ3n) is 2.29. The molecule has 2 rings (SSSR count). The molecule has 0 atom stereocenters. The summed E-state index contributed by atoms with van der Waals surface area (Å²) in [4.78, 5) is 28.1. The van der Waals surface area contributed by atoms with Gasteiger partial charge in [-0.2, -0.15) is 0 Å². The number of carbonyl (C=O) groups is 2. The molecule has 92 valence electrons. The Kier molecular flexibility index (Phi) is 3.93. The third-order valence-corrected chi connectivity index (χ3v) is 4.53. The van der Waals surface area contributed by atoms with E-state index in [2.05, 4.69) is 4.98 Å². The Bertz CT molecular complexity index is 590. The van der Waals surface area contributed by atoms with Gasteiger partial charge in [0, 0.05) is 12.5 Å². The number of nitrogens with zero attached hydrogens (tertiary/aromatic N) is 1. The molecule has 0 N–H and O–H groups in total. The molecule has 2 aromatic rings. The van der Waals surface area contributed by atoms with E-state index in [4.69, 9.17) is 0 Å². The molecule has 0 aliphatic carbocycles. The number of Topliss-reactive ketones (excluding diaryl/α,β-unsaturated/α-hetero) is 1. The van der Waals surface area contributed by atoms with E-state index in [9.17, 15) is 9.59 Å². The maximum atomic E-state index is 11.9. The second-order valence-corrected chi connectivity index (χ2v) is 5.93. The molecule has 0 bridgehead atoms. The lowest BCUT2D eigenvalue weighted by atomic mass is 10.2. The monoisotopic (exact) mass is 277 g/mol. The van der Waals surface area contributed by atoms with Crippen molar-refractivity contribution in [2.24, 2.45) is 0 Å². The van der Waals surface area contributed by atoms with Crippen LogP contribution >= 0.6 is 23.1 Å². The number of aryl methyl sites for hydroxylation is 1. The first-order valence-corrected chi connectivity index (χ1v) is 6.97. The summed E-state index contributed by atoms with van der Waals surface area (Å²) in [6.45, 7) is 3.29. The predicted molar refractivity (Wildman–Crippen MR) is 73.5 cm³/mol. The number of hydrogen-bond donors (Lipinski definition) is 0. The van der Waals surface area contributed by atoms with Gasteiger partial charge in [0.15, 0.2) is 10.1 Å². The standard InChI is InChI=1S/C13H11NO2S2/c1-8-11(9(2)15)17-13(14-8)18-12(16)10-6-4-3-5-7-10/h3-7H,1-2H3. The van der Waals surface area contributed by atoms with Crippen LogP contribution in [-0.2, 0) is 0 Å². The molecular formula is C13H11NO2S2. The molecule has 5 heteroatoms. The molecule has 0 saturated carbocycles. The Balaban J connectivity index is 2.18. The molecule has 0 fully saturated rings. The minimum Gasteiger partial charge on any atom is -0.294 e. The van der Waals surface area contributed by atoms with Crippen molar-refractivity contribution in [1.82, 2.24) is 4.98 Å². The number of thiazole rings is 1. The fraction of sp³-hybridized carbons (Fsp3) is 0.154. The van der Waals surface area contributed by atoms with Gasteiger partial charge in [-0.3, -0.25) is 9.59 Å². The molecule has 0 saturated heterocycles. The molecule has 18 heavy (non-hydrogen) atoms. The van der Waals surface area contributed by atoms with Crippen molar-refractivity contribution >= 4 is 34.0 Å². The van der Waals surface area contributed by atoms with Crippen LogP contribution in [0.2, 0.25) is 0 Å². The van der Waals surface area contributed by atoms with E-state index in [0.29, 0.717) is 20.5 Å². The summed E-state index contributed by atoms with van der Waals surface area (Å²) in [7, 11) is 0. The number of rotatable bonds is 3. The number of benzene rings is 1. The molecule has 1 aromatic carbocycles. The van der Waals surface area contributed by atoms with Crippen molar-refractivity contribution in [3.8, 4) is 0 Å². The summed E-state index contributed by atoms with van der Waals surface area (Å²) in [6.07, 6.45) is 0. The van der Waals surface area contributed by atoms with Gasteiger partial charge in [0.1, 0.15) is 0 Å². The summed E-state index contributed by atoms with van der Waals surface area (Å²) in [6, 6.07) is 9.04. The molecule has 0 spiro atoms. The highest BCUT2D eigenvalue weighted by atomic mass is 32.2. The number of carbonyl (C=O) groups excluding carboxylic acids is 2. The van der Waals surface area contributed by atoms with Crippen molar-refractivity contribution in [2.75, 3.05) is 0 Å². The highest BCUT2D eigenvalue weighted by Gasteiger charge is 2.15. The van der Waals surface area contributed by atoms with Crippen molar-refractivity contribution in [2.45, 2.75) is 18.2 Å². The van der Waals surface area contributed by atoms with Gasteiger partial charge in [-0.05, 0) is 18.7 Å². The Labute approximate surface area is 113 Å². The quantitative estimate of drug-likeness (QED) is 0.635. The SMILES string of the molecule is CC(=O)c1sc(SC(=O)c2ccccc2)nc1C. The van der Waals surface area contributed by atoms with E-state index in [0.717, 1.165) is 11.8 Å². The van der Waals surface area contributed by atoms with Crippen LogP contribution in [0.1, 0.15) is 32.6 Å². The third kappa shape index (κ3) is 2.86. The summed E-state index contributed by atoms with van der Waals surface area (Å²) in [5, 5.41) is -0.0561. The highest BCUT2D eigenvalue weighted by molar-refractivity contribution is 8.15. The number of hydrogen-bond acceptors (Lipinski definition) is 5. The first kappa shape index (κ1) is 13.0. The zero-order valence-electron chi connectivity index (χ0n) is 9.97. The molecule has 3 nitrogen and oxygen atoms in total. The van der Waals surface area contributed by atoms with Gasteiger partial charge in [-0.15, -0.1) is 11.3 Å². The first-order valence-electron chi connectivity index (χ1n) is 5.33. The lowest BCUT2D eigenvalue weighted by Gasteiger charge is -1.96. The van der Waals surface area contributed by atoms with Crippen LogP contribution in [0.15, 0.2) is 34.7 Å². The molecule has 0 aliphatic heterocycles. The normalized spacial score (nSPS) is 10.3. The number of thioether (sulfide) groups is 1. The lowest BCUT2D eigenvalue weighted by molar-refractivity contribution is 0.102. The van der Waals surface area contributed by atoms with Gasteiger partial charge < -0.3 is 0 Å². The van der Waals surface area contributed by atoms with Crippen molar-refractivity contribution in [3.05, 3.63) is 46.5 Å².